The number of carbonyl (C=O) groups is 1. The lowest BCUT2D eigenvalue weighted by Crippen LogP contribution is -2.11. The number of nitrogens with one attached hydrogen (secondary N) is 1. The van der Waals surface area contributed by atoms with Gasteiger partial charge < -0.3 is 5.32 Å². The van der Waals surface area contributed by atoms with Crippen molar-refractivity contribution in [2.45, 2.75) is 0 Å². The fourth-order valence-corrected chi connectivity index (χ4v) is 2.75. The molecule has 1 amide bonds. The second kappa shape index (κ2) is 4.60. The van der Waals surface area contributed by atoms with Crippen molar-refractivity contribution in [3.05, 3.63) is 83.4 Å². The van der Waals surface area contributed by atoms with Crippen LogP contribution in [-0.4, -0.2) is 5.91 Å². The van der Waals surface area contributed by atoms with Crippen LogP contribution in [-0.2, 0) is 0 Å². The molecule has 0 bridgehead atoms. The van der Waals surface area contributed by atoms with Crippen molar-refractivity contribution < 1.29 is 4.79 Å². The van der Waals surface area contributed by atoms with Crippen molar-refractivity contribution in [1.82, 2.24) is 5.32 Å². The molecule has 0 saturated carbocycles. The molecule has 100 valence electrons. The summed E-state index contributed by atoms with van der Waals surface area (Å²) >= 11 is 0. The average Bonchev–Trinajstić information content (AvgIpc) is 2.84. The van der Waals surface area contributed by atoms with Gasteiger partial charge in [0.25, 0.3) is 5.91 Å². The summed E-state index contributed by atoms with van der Waals surface area (Å²) in [6.07, 6.45) is 2.02. The first-order chi connectivity index (χ1) is 10.3. The second-order valence-electron chi connectivity index (χ2n) is 5.16. The minimum absolute atomic E-state index is 0.0300. The van der Waals surface area contributed by atoms with Crippen LogP contribution >= 0.6 is 0 Å². The Balaban J connectivity index is 1.82. The van der Waals surface area contributed by atoms with Gasteiger partial charge in [-0.15, -0.1) is 0 Å². The zero-order valence-corrected chi connectivity index (χ0v) is 11.3. The van der Waals surface area contributed by atoms with Crippen LogP contribution in [0.15, 0.2) is 66.7 Å². The number of benzene rings is 3. The Hall–Kier alpha value is -2.87. The summed E-state index contributed by atoms with van der Waals surface area (Å²) in [5.41, 5.74) is 3.66. The van der Waals surface area contributed by atoms with Crippen molar-refractivity contribution in [2.24, 2.45) is 0 Å². The van der Waals surface area contributed by atoms with Gasteiger partial charge in [-0.05, 0) is 34.5 Å². The number of hydrogen-bond acceptors (Lipinski definition) is 1. The molecule has 0 radical (unpaired) electrons. The summed E-state index contributed by atoms with van der Waals surface area (Å²) in [7, 11) is 0. The quantitative estimate of drug-likeness (QED) is 0.710. The Morgan fingerprint density at radius 2 is 1.48 bits per heavy atom. The third-order valence-corrected chi connectivity index (χ3v) is 3.79. The molecule has 0 spiro atoms. The van der Waals surface area contributed by atoms with E-state index in [1.807, 2.05) is 42.5 Å². The monoisotopic (exact) mass is 271 g/mol. The fourth-order valence-electron chi connectivity index (χ4n) is 2.75. The normalized spacial score (nSPS) is 15.2. The third kappa shape index (κ3) is 2.01. The van der Waals surface area contributed by atoms with Crippen LogP contribution in [0.4, 0.5) is 0 Å². The first kappa shape index (κ1) is 11.9. The lowest BCUT2D eigenvalue weighted by Gasteiger charge is -2.02. The first-order valence-electron chi connectivity index (χ1n) is 6.92. The van der Waals surface area contributed by atoms with Gasteiger partial charge in [0, 0.05) is 16.8 Å². The van der Waals surface area contributed by atoms with Gasteiger partial charge in [-0.25, -0.2) is 0 Å². The minimum atomic E-state index is -0.0300. The molecule has 0 atom stereocenters. The maximum atomic E-state index is 11.9. The summed E-state index contributed by atoms with van der Waals surface area (Å²) < 4.78 is 0. The molecule has 2 heteroatoms. The zero-order chi connectivity index (χ0) is 14.2. The molecule has 1 aliphatic heterocycles. The summed E-state index contributed by atoms with van der Waals surface area (Å²) in [5.74, 6) is -0.0300. The highest BCUT2D eigenvalue weighted by Crippen LogP contribution is 2.26. The van der Waals surface area contributed by atoms with Crippen molar-refractivity contribution in [3.63, 3.8) is 0 Å². The van der Waals surface area contributed by atoms with Crippen LogP contribution < -0.4 is 5.32 Å². The van der Waals surface area contributed by atoms with E-state index in [0.717, 1.165) is 22.4 Å². The van der Waals surface area contributed by atoms with Crippen LogP contribution in [0.1, 0.15) is 21.5 Å². The smallest absolute Gasteiger partial charge is 0.256 e. The van der Waals surface area contributed by atoms with Crippen molar-refractivity contribution in [1.29, 1.82) is 0 Å². The first-order valence-corrected chi connectivity index (χ1v) is 6.92. The van der Waals surface area contributed by atoms with E-state index in [9.17, 15) is 4.79 Å². The lowest BCUT2D eigenvalue weighted by molar-refractivity contribution is 0.0981. The maximum Gasteiger partial charge on any atom is 0.256 e. The van der Waals surface area contributed by atoms with Crippen molar-refractivity contribution in [2.75, 3.05) is 0 Å². The SMILES string of the molecule is O=C1N/C(=C\c2ccc3ccccc3c2)c2ccccc21. The van der Waals surface area contributed by atoms with Gasteiger partial charge in [-0.3, -0.25) is 4.79 Å². The maximum absolute atomic E-state index is 11.9. The van der Waals surface area contributed by atoms with E-state index < -0.39 is 0 Å². The van der Waals surface area contributed by atoms with Crippen LogP contribution in [0.25, 0.3) is 22.5 Å². The summed E-state index contributed by atoms with van der Waals surface area (Å²) in [5, 5.41) is 5.35. The Labute approximate surface area is 122 Å². The van der Waals surface area contributed by atoms with E-state index >= 15 is 0 Å². The van der Waals surface area contributed by atoms with Gasteiger partial charge in [0.05, 0.1) is 0 Å². The standard InChI is InChI=1S/C19H13NO/c21-19-17-8-4-3-7-16(17)18(20-19)12-13-9-10-14-5-1-2-6-15(14)11-13/h1-12H,(H,20,21)/b18-12-. The number of amides is 1. The summed E-state index contributed by atoms with van der Waals surface area (Å²) in [6, 6.07) is 22.2. The molecule has 2 nitrogen and oxygen atoms in total. The molecule has 1 heterocycles. The van der Waals surface area contributed by atoms with E-state index in [4.69, 9.17) is 0 Å². The van der Waals surface area contributed by atoms with E-state index in [2.05, 4.69) is 35.6 Å². The number of hydrogen-bond donors (Lipinski definition) is 1. The molecule has 0 aliphatic carbocycles. The molecule has 4 rings (SSSR count). The van der Waals surface area contributed by atoms with E-state index in [1.54, 1.807) is 0 Å². The summed E-state index contributed by atoms with van der Waals surface area (Å²) in [4.78, 5) is 11.9. The lowest BCUT2D eigenvalue weighted by atomic mass is 10.0. The molecular weight excluding hydrogens is 258 g/mol. The van der Waals surface area contributed by atoms with Crippen LogP contribution in [0.3, 0.4) is 0 Å². The number of rotatable bonds is 1. The largest absolute Gasteiger partial charge is 0.321 e. The van der Waals surface area contributed by atoms with Gasteiger partial charge in [0.15, 0.2) is 0 Å². The molecule has 3 aromatic carbocycles. The molecule has 0 saturated heterocycles. The molecular formula is C19H13NO. The Bertz CT molecular complexity index is 893. The molecule has 1 aliphatic rings. The summed E-state index contributed by atoms with van der Waals surface area (Å²) in [6.45, 7) is 0. The number of fused-ring (bicyclic) bond motifs is 2. The highest BCUT2D eigenvalue weighted by Gasteiger charge is 2.22. The van der Waals surface area contributed by atoms with Crippen molar-refractivity contribution >= 4 is 28.5 Å². The molecule has 0 fully saturated rings. The average molecular weight is 271 g/mol. The predicted molar refractivity (Wildman–Crippen MR) is 85.7 cm³/mol. The van der Waals surface area contributed by atoms with Gasteiger partial charge in [0.1, 0.15) is 0 Å². The van der Waals surface area contributed by atoms with Gasteiger partial charge in [-0.1, -0.05) is 54.6 Å². The van der Waals surface area contributed by atoms with Gasteiger partial charge in [0.2, 0.25) is 0 Å². The fraction of sp³-hybridized carbons (Fsp3) is 0. The van der Waals surface area contributed by atoms with Gasteiger partial charge in [-0.2, -0.15) is 0 Å². The topological polar surface area (TPSA) is 29.1 Å². The van der Waals surface area contributed by atoms with E-state index in [1.165, 1.54) is 10.8 Å². The predicted octanol–water partition coefficient (Wildman–Crippen LogP) is 4.08. The highest BCUT2D eigenvalue weighted by atomic mass is 16.1. The minimum Gasteiger partial charge on any atom is -0.321 e. The van der Waals surface area contributed by atoms with E-state index in [-0.39, 0.29) is 5.91 Å². The Morgan fingerprint density at radius 3 is 2.33 bits per heavy atom. The second-order valence-corrected chi connectivity index (χ2v) is 5.16. The highest BCUT2D eigenvalue weighted by molar-refractivity contribution is 6.11. The van der Waals surface area contributed by atoms with Crippen LogP contribution in [0.2, 0.25) is 0 Å². The third-order valence-electron chi connectivity index (χ3n) is 3.79. The molecule has 1 N–H and O–H groups in total. The zero-order valence-electron chi connectivity index (χ0n) is 11.3. The molecule has 3 aromatic rings. The Morgan fingerprint density at radius 1 is 0.762 bits per heavy atom. The molecule has 0 unspecified atom stereocenters. The molecule has 21 heavy (non-hydrogen) atoms. The Kier molecular flexibility index (Phi) is 2.61. The van der Waals surface area contributed by atoms with E-state index in [0.29, 0.717) is 0 Å². The number of carbonyl (C=O) groups excluding carboxylic acids is 1. The van der Waals surface area contributed by atoms with Crippen molar-refractivity contribution in [3.8, 4) is 0 Å². The van der Waals surface area contributed by atoms with Crippen LogP contribution in [0.5, 0.6) is 0 Å². The molecule has 0 aromatic heterocycles. The van der Waals surface area contributed by atoms with Gasteiger partial charge >= 0.3 is 0 Å². The van der Waals surface area contributed by atoms with Crippen LogP contribution in [0, 0.1) is 0 Å².